The molecule has 0 aromatic heterocycles. The minimum atomic E-state index is -1.27. The van der Waals surface area contributed by atoms with Crippen molar-refractivity contribution in [3.8, 4) is 5.75 Å². The Morgan fingerprint density at radius 3 is 1.05 bits per heavy atom. The molecule has 1 aliphatic heterocycles. The molecule has 1 saturated heterocycles. The Morgan fingerprint density at radius 2 is 0.693 bits per heavy atom. The van der Waals surface area contributed by atoms with Crippen LogP contribution in [0.25, 0.3) is 10.4 Å². The van der Waals surface area contributed by atoms with Crippen molar-refractivity contribution >= 4 is 0 Å². The first-order chi connectivity index (χ1) is 43.5. The van der Waals surface area contributed by atoms with Gasteiger partial charge in [0.1, 0.15) is 66.8 Å². The Balaban J connectivity index is 1.13. The van der Waals surface area contributed by atoms with Crippen LogP contribution in [0.4, 0.5) is 0 Å². The van der Waals surface area contributed by atoms with Crippen molar-refractivity contribution in [2.75, 3.05) is 26.9 Å². The van der Waals surface area contributed by atoms with Gasteiger partial charge in [0.25, 0.3) is 0 Å². The summed E-state index contributed by atoms with van der Waals surface area (Å²) in [6, 6.07) is 76.0. The van der Waals surface area contributed by atoms with Gasteiger partial charge in [-0.1, -0.05) is 230 Å². The summed E-state index contributed by atoms with van der Waals surface area (Å²) in [6.45, 7) is 0.613. The maximum atomic E-state index is 10.6. The maximum absolute atomic E-state index is 10.6. The first-order valence-corrected chi connectivity index (χ1v) is 29.9. The van der Waals surface area contributed by atoms with Gasteiger partial charge in [-0.15, -0.1) is 0 Å². The molecule has 12 atom stereocenters. The number of nitrogens with zero attached hydrogens (tertiary/aromatic N) is 3. The molecule has 8 aromatic carbocycles. The highest BCUT2D eigenvalue weighted by molar-refractivity contribution is 5.27. The summed E-state index contributed by atoms with van der Waals surface area (Å²) in [7, 11) is 1.62. The number of hydrogen-bond acceptors (Lipinski definition) is 14. The van der Waals surface area contributed by atoms with Gasteiger partial charge in [0.2, 0.25) is 0 Å². The fourth-order valence-electron chi connectivity index (χ4n) is 10.9. The topological polar surface area (TPSA) is 180 Å². The summed E-state index contributed by atoms with van der Waals surface area (Å²) in [5, 5.41) is 14.6. The van der Waals surface area contributed by atoms with Gasteiger partial charge in [0, 0.05) is 4.91 Å². The van der Waals surface area contributed by atoms with E-state index in [1.165, 1.54) is 0 Å². The second-order valence-corrected chi connectivity index (χ2v) is 21.7. The van der Waals surface area contributed by atoms with Gasteiger partial charge in [0.05, 0.1) is 85.8 Å². The highest BCUT2D eigenvalue weighted by atomic mass is 16.7. The highest BCUT2D eigenvalue weighted by Crippen LogP contribution is 2.40. The van der Waals surface area contributed by atoms with Gasteiger partial charge in [-0.3, -0.25) is 0 Å². The van der Waals surface area contributed by atoms with Crippen LogP contribution in [0.2, 0.25) is 0 Å². The molecule has 10 rings (SSSR count). The smallest absolute Gasteiger partial charge is 0.187 e. The molecule has 16 nitrogen and oxygen atoms in total. The summed E-state index contributed by atoms with van der Waals surface area (Å²) in [5.41, 5.74) is 17.0. The van der Waals surface area contributed by atoms with E-state index in [2.05, 4.69) is 10.0 Å². The third-order valence-corrected chi connectivity index (χ3v) is 15.4. The number of ether oxygens (including phenoxy) is 12. The van der Waals surface area contributed by atoms with E-state index in [1.54, 1.807) is 7.11 Å². The number of rotatable bonds is 33. The normalized spacial score (nSPS) is 23.0. The van der Waals surface area contributed by atoms with Crippen LogP contribution < -0.4 is 4.74 Å². The number of aliphatic hydroxyl groups excluding tert-OH is 1. The Labute approximate surface area is 515 Å². The summed E-state index contributed by atoms with van der Waals surface area (Å²) < 4.78 is 85.0. The molecular formula is C72H77N3O13. The monoisotopic (exact) mass is 1190 g/mol. The molecule has 0 radical (unpaired) electrons. The molecule has 16 heteroatoms. The molecule has 1 heterocycles. The third-order valence-electron chi connectivity index (χ3n) is 15.4. The molecule has 1 saturated carbocycles. The lowest BCUT2D eigenvalue weighted by Crippen LogP contribution is -2.70. The van der Waals surface area contributed by atoms with Crippen molar-refractivity contribution in [3.63, 3.8) is 0 Å². The maximum Gasteiger partial charge on any atom is 0.187 e. The average Bonchev–Trinajstić information content (AvgIpc) is 1.02. The molecule has 1 N–H and O–H groups in total. The van der Waals surface area contributed by atoms with Crippen molar-refractivity contribution < 1.29 is 61.9 Å². The first-order valence-electron chi connectivity index (χ1n) is 29.9. The van der Waals surface area contributed by atoms with E-state index in [0.29, 0.717) is 5.75 Å². The van der Waals surface area contributed by atoms with Crippen LogP contribution in [0.5, 0.6) is 5.75 Å². The van der Waals surface area contributed by atoms with Gasteiger partial charge >= 0.3 is 0 Å². The molecule has 0 spiro atoms. The minimum Gasteiger partial charge on any atom is -0.497 e. The van der Waals surface area contributed by atoms with Gasteiger partial charge < -0.3 is 61.9 Å². The summed E-state index contributed by atoms with van der Waals surface area (Å²) >= 11 is 0. The van der Waals surface area contributed by atoms with E-state index in [9.17, 15) is 10.6 Å². The number of azide groups is 1. The summed E-state index contributed by atoms with van der Waals surface area (Å²) in [4.78, 5) is 3.06. The van der Waals surface area contributed by atoms with Crippen LogP contribution in [-0.4, -0.2) is 105 Å². The fraction of sp³-hybridized carbons (Fsp3) is 0.333. The van der Waals surface area contributed by atoms with E-state index < -0.39 is 80.0 Å². The molecule has 2 aliphatic rings. The van der Waals surface area contributed by atoms with Gasteiger partial charge in [-0.2, -0.15) is 0 Å². The van der Waals surface area contributed by atoms with E-state index in [4.69, 9.17) is 56.8 Å². The molecule has 0 bridgehead atoms. The molecular weight excluding hydrogens is 1110 g/mol. The average molecular weight is 1190 g/mol. The largest absolute Gasteiger partial charge is 0.497 e. The van der Waals surface area contributed by atoms with E-state index in [0.717, 1.165) is 44.5 Å². The minimum absolute atomic E-state index is 0.0497. The van der Waals surface area contributed by atoms with Gasteiger partial charge in [0.15, 0.2) is 6.29 Å². The number of hydrogen-bond donors (Lipinski definition) is 1. The number of benzene rings is 8. The van der Waals surface area contributed by atoms with Crippen molar-refractivity contribution in [2.24, 2.45) is 5.11 Å². The fourth-order valence-corrected chi connectivity index (χ4v) is 10.9. The predicted molar refractivity (Wildman–Crippen MR) is 331 cm³/mol. The Hall–Kier alpha value is -7.61. The SMILES string of the molecule is COc1ccc(CO[C@@H]2[C@@H](OC[C@@H](CO)N=[N+]=[N-])[C@H](OCc3ccccc3)[C@@H](OCc3ccccc3)[C@H](OCc3ccccc3)[C@@H]2O[C@H]2O[C@H](COCc3ccccc3)[C@@H](OCc3ccccc3)[C@H](OCc3ccccc3)[C@@H]2OCc2ccccc2)cc1. The highest BCUT2D eigenvalue weighted by Gasteiger charge is 2.58. The molecule has 1 aliphatic carbocycles. The van der Waals surface area contributed by atoms with Crippen molar-refractivity contribution in [2.45, 2.75) is 126 Å². The lowest BCUT2D eigenvalue weighted by Gasteiger charge is -2.52. The lowest BCUT2D eigenvalue weighted by atomic mass is 9.83. The molecule has 88 heavy (non-hydrogen) atoms. The van der Waals surface area contributed by atoms with E-state index in [-0.39, 0.29) is 66.1 Å². The second-order valence-electron chi connectivity index (χ2n) is 21.7. The molecule has 2 fully saturated rings. The zero-order valence-electron chi connectivity index (χ0n) is 49.4. The van der Waals surface area contributed by atoms with Gasteiger partial charge in [-0.25, -0.2) is 0 Å². The standard InChI is InChI=1S/C72H77N3O13/c1-77-61-39-37-59(38-40-61)49-84-69-67(86-50-60(41-76)74-75-73)65(81-45-55-29-15-5-16-30-55)66(82-46-56-31-17-6-18-32-56)68(83-47-57-33-19-7-20-34-57)70(69)88-72-71(85-48-58-35-21-8-22-36-58)64(80-44-54-27-13-4-14-28-54)63(79-43-53-25-11-3-12-26-53)62(87-72)51-78-42-52-23-9-2-10-24-52/h2-40,60,62-72,76H,41-51H2,1H3/t60-,62-,63-,64+,65-,66-,67+,68+,69-,70+,71+,72-/m1/s1. The quantitative estimate of drug-likeness (QED) is 0.0233. The Bertz CT molecular complexity index is 3250. The third kappa shape index (κ3) is 18.5. The van der Waals surface area contributed by atoms with Crippen LogP contribution in [0.3, 0.4) is 0 Å². The number of methoxy groups -OCH3 is 1. The zero-order valence-corrected chi connectivity index (χ0v) is 49.4. The molecule has 458 valence electrons. The van der Waals surface area contributed by atoms with Crippen molar-refractivity contribution in [1.82, 2.24) is 0 Å². The predicted octanol–water partition coefficient (Wildman–Crippen LogP) is 12.5. The summed E-state index contributed by atoms with van der Waals surface area (Å²) in [5.74, 6) is 0.674. The molecule has 0 amide bonds. The number of aliphatic hydroxyl groups is 1. The second kappa shape index (κ2) is 34.2. The van der Waals surface area contributed by atoms with Crippen LogP contribution >= 0.6 is 0 Å². The van der Waals surface area contributed by atoms with Gasteiger partial charge in [-0.05, 0) is 62.2 Å². The lowest BCUT2D eigenvalue weighted by molar-refractivity contribution is -0.366. The van der Waals surface area contributed by atoms with E-state index in [1.807, 2.05) is 237 Å². The van der Waals surface area contributed by atoms with Crippen molar-refractivity contribution in [3.05, 3.63) is 292 Å². The zero-order chi connectivity index (χ0) is 60.4. The van der Waals surface area contributed by atoms with Crippen LogP contribution in [-0.2, 0) is 105 Å². The van der Waals surface area contributed by atoms with Crippen LogP contribution in [0.1, 0.15) is 44.5 Å². The van der Waals surface area contributed by atoms with Crippen LogP contribution in [0.15, 0.2) is 242 Å². The molecule has 8 aromatic rings. The first kappa shape index (κ1) is 63.4. The van der Waals surface area contributed by atoms with Crippen molar-refractivity contribution in [1.29, 1.82) is 0 Å². The van der Waals surface area contributed by atoms with Crippen LogP contribution in [0, 0.1) is 0 Å². The van der Waals surface area contributed by atoms with E-state index >= 15 is 0 Å². The Kier molecular flexibility index (Phi) is 24.7. The Morgan fingerprint density at radius 1 is 0.386 bits per heavy atom. The summed E-state index contributed by atoms with van der Waals surface area (Å²) in [6.07, 6.45) is -11.0. The molecule has 0 unspecified atom stereocenters.